The lowest BCUT2D eigenvalue weighted by molar-refractivity contribution is 0.797. The lowest BCUT2D eigenvalue weighted by atomic mass is 10.2. The van der Waals surface area contributed by atoms with Gasteiger partial charge >= 0.3 is 0 Å². The third kappa shape index (κ3) is 3.07. The minimum absolute atomic E-state index is 0.346. The van der Waals surface area contributed by atoms with E-state index in [2.05, 4.69) is 29.6 Å². The third-order valence-corrected chi connectivity index (χ3v) is 4.70. The van der Waals surface area contributed by atoms with Crippen molar-refractivity contribution in [1.29, 1.82) is 10.5 Å². The van der Waals surface area contributed by atoms with Gasteiger partial charge in [-0.15, -0.1) is 10.2 Å². The van der Waals surface area contributed by atoms with Crippen LogP contribution in [0.5, 0.6) is 0 Å². The van der Waals surface area contributed by atoms with Crippen molar-refractivity contribution in [3.8, 4) is 12.1 Å². The van der Waals surface area contributed by atoms with Gasteiger partial charge in [-0.25, -0.2) is 15.0 Å². The summed E-state index contributed by atoms with van der Waals surface area (Å²) in [7, 11) is 1.70. The summed E-state index contributed by atoms with van der Waals surface area (Å²) in [5.41, 5.74) is 1.17. The summed E-state index contributed by atoms with van der Waals surface area (Å²) in [4.78, 5) is 12.8. The number of nitrogens with zero attached hydrogens (tertiary/aromatic N) is 9. The standard InChI is InChI=1S/C14H11N9S2/c1-7-11(23(2)12(18-7)8(4-15)5-16)20-21-13-9-6-17-14(24-3)19-10(9)22-25-13/h6,8H,1-3H3/b21-20+. The zero-order valence-electron chi connectivity index (χ0n) is 13.5. The molecule has 3 aromatic heterocycles. The molecular weight excluding hydrogens is 358 g/mol. The monoisotopic (exact) mass is 369 g/mol. The van der Waals surface area contributed by atoms with Gasteiger partial charge in [0.1, 0.15) is 5.82 Å². The number of aryl methyl sites for hydroxylation is 1. The van der Waals surface area contributed by atoms with E-state index in [1.54, 1.807) is 24.7 Å². The lowest BCUT2D eigenvalue weighted by Gasteiger charge is -2.01. The predicted molar refractivity (Wildman–Crippen MR) is 93.1 cm³/mol. The van der Waals surface area contributed by atoms with E-state index in [1.807, 2.05) is 18.4 Å². The molecule has 9 nitrogen and oxygen atoms in total. The Morgan fingerprint density at radius 3 is 2.72 bits per heavy atom. The Morgan fingerprint density at radius 2 is 2.04 bits per heavy atom. The molecular formula is C14H11N9S2. The number of thioether (sulfide) groups is 1. The average Bonchev–Trinajstić information content (AvgIpc) is 3.15. The molecule has 124 valence electrons. The van der Waals surface area contributed by atoms with E-state index in [0.717, 1.165) is 5.39 Å². The van der Waals surface area contributed by atoms with Crippen LogP contribution in [0.3, 0.4) is 0 Å². The summed E-state index contributed by atoms with van der Waals surface area (Å²) in [5, 5.41) is 28.5. The molecule has 0 atom stereocenters. The number of hydrogen-bond acceptors (Lipinski definition) is 10. The highest BCUT2D eigenvalue weighted by molar-refractivity contribution is 7.98. The SMILES string of the molecule is CSc1ncc2c(/N=N/c3c(C)nc(C(C#N)C#N)n3C)snc2n1. The second-order valence-electron chi connectivity index (χ2n) is 4.91. The Balaban J connectivity index is 1.98. The number of aromatic nitrogens is 5. The molecule has 0 saturated heterocycles. The molecule has 0 amide bonds. The van der Waals surface area contributed by atoms with Gasteiger partial charge in [0.05, 0.1) is 23.2 Å². The molecule has 0 aliphatic rings. The summed E-state index contributed by atoms with van der Waals surface area (Å²) < 4.78 is 5.86. The molecule has 0 N–H and O–H groups in total. The molecule has 3 heterocycles. The van der Waals surface area contributed by atoms with E-state index < -0.39 is 5.92 Å². The molecule has 0 spiro atoms. The van der Waals surface area contributed by atoms with Gasteiger partial charge in [0.15, 0.2) is 27.5 Å². The Morgan fingerprint density at radius 1 is 1.28 bits per heavy atom. The molecule has 0 aromatic carbocycles. The molecule has 0 radical (unpaired) electrons. The van der Waals surface area contributed by atoms with Gasteiger partial charge < -0.3 is 4.57 Å². The molecule has 0 aliphatic carbocycles. The van der Waals surface area contributed by atoms with E-state index >= 15 is 0 Å². The van der Waals surface area contributed by atoms with E-state index in [4.69, 9.17) is 10.5 Å². The Labute approximate surface area is 151 Å². The maximum Gasteiger partial charge on any atom is 0.190 e. The number of nitriles is 2. The van der Waals surface area contributed by atoms with Gasteiger partial charge in [0, 0.05) is 13.2 Å². The first-order chi connectivity index (χ1) is 12.1. The highest BCUT2D eigenvalue weighted by atomic mass is 32.2. The third-order valence-electron chi connectivity index (χ3n) is 3.40. The molecule has 0 bridgehead atoms. The van der Waals surface area contributed by atoms with Crippen LogP contribution in [0.4, 0.5) is 10.8 Å². The maximum atomic E-state index is 9.04. The van der Waals surface area contributed by atoms with E-state index in [9.17, 15) is 0 Å². The summed E-state index contributed by atoms with van der Waals surface area (Å²) >= 11 is 2.62. The van der Waals surface area contributed by atoms with Crippen LogP contribution in [0.2, 0.25) is 0 Å². The molecule has 3 aromatic rings. The molecule has 3 rings (SSSR count). The minimum atomic E-state index is -0.949. The number of hydrogen-bond donors (Lipinski definition) is 0. The Hall–Kier alpha value is -2.89. The average molecular weight is 369 g/mol. The fraction of sp³-hybridized carbons (Fsp3) is 0.286. The summed E-state index contributed by atoms with van der Waals surface area (Å²) in [5.74, 6) is -0.123. The number of azo groups is 1. The first-order valence-electron chi connectivity index (χ1n) is 6.99. The first-order valence-corrected chi connectivity index (χ1v) is 8.99. The van der Waals surface area contributed by atoms with Crippen molar-refractivity contribution >= 4 is 45.1 Å². The van der Waals surface area contributed by atoms with E-state index in [1.165, 1.54) is 23.3 Å². The van der Waals surface area contributed by atoms with E-state index in [-0.39, 0.29) is 0 Å². The van der Waals surface area contributed by atoms with Gasteiger partial charge in [-0.3, -0.25) is 0 Å². The molecule has 0 saturated carbocycles. The van der Waals surface area contributed by atoms with Crippen LogP contribution < -0.4 is 0 Å². The predicted octanol–water partition coefficient (Wildman–Crippen LogP) is 3.40. The number of imidazole rings is 1. The van der Waals surface area contributed by atoms with Crippen molar-refractivity contribution in [1.82, 2.24) is 23.9 Å². The van der Waals surface area contributed by atoms with Gasteiger partial charge in [-0.2, -0.15) is 14.9 Å². The number of fused-ring (bicyclic) bond motifs is 1. The van der Waals surface area contributed by atoms with Gasteiger partial charge in [0.25, 0.3) is 0 Å². The fourth-order valence-electron chi connectivity index (χ4n) is 2.17. The summed E-state index contributed by atoms with van der Waals surface area (Å²) in [6, 6.07) is 3.82. The van der Waals surface area contributed by atoms with Crippen molar-refractivity contribution in [3.05, 3.63) is 17.7 Å². The van der Waals surface area contributed by atoms with Crippen molar-refractivity contribution < 1.29 is 0 Å². The highest BCUT2D eigenvalue weighted by Gasteiger charge is 2.20. The molecule has 0 unspecified atom stereocenters. The smallest absolute Gasteiger partial charge is 0.190 e. The second-order valence-corrected chi connectivity index (χ2v) is 6.44. The van der Waals surface area contributed by atoms with Crippen LogP contribution in [0.1, 0.15) is 17.4 Å². The maximum absolute atomic E-state index is 9.04. The zero-order valence-corrected chi connectivity index (χ0v) is 15.1. The van der Waals surface area contributed by atoms with Gasteiger partial charge in [-0.1, -0.05) is 11.8 Å². The highest BCUT2D eigenvalue weighted by Crippen LogP contribution is 2.32. The summed E-state index contributed by atoms with van der Waals surface area (Å²) in [6.07, 6.45) is 3.57. The van der Waals surface area contributed by atoms with Crippen LogP contribution in [0, 0.1) is 29.6 Å². The van der Waals surface area contributed by atoms with Crippen molar-refractivity contribution in [3.63, 3.8) is 0 Å². The minimum Gasteiger partial charge on any atom is -0.313 e. The van der Waals surface area contributed by atoms with Crippen molar-refractivity contribution in [2.75, 3.05) is 6.26 Å². The molecule has 25 heavy (non-hydrogen) atoms. The zero-order chi connectivity index (χ0) is 18.0. The largest absolute Gasteiger partial charge is 0.313 e. The first kappa shape index (κ1) is 17.0. The van der Waals surface area contributed by atoms with Crippen LogP contribution >= 0.6 is 23.3 Å². The van der Waals surface area contributed by atoms with Crippen LogP contribution in [0.25, 0.3) is 11.0 Å². The van der Waals surface area contributed by atoms with Gasteiger partial charge in [-0.05, 0) is 24.7 Å². The van der Waals surface area contributed by atoms with Crippen molar-refractivity contribution in [2.45, 2.75) is 18.0 Å². The fourth-order valence-corrected chi connectivity index (χ4v) is 3.13. The molecule has 11 heteroatoms. The summed E-state index contributed by atoms with van der Waals surface area (Å²) in [6.45, 7) is 1.75. The van der Waals surface area contributed by atoms with Crippen LogP contribution in [-0.2, 0) is 7.05 Å². The van der Waals surface area contributed by atoms with Gasteiger partial charge in [0.2, 0.25) is 0 Å². The van der Waals surface area contributed by atoms with Crippen molar-refractivity contribution in [2.24, 2.45) is 17.3 Å². The van der Waals surface area contributed by atoms with Crippen LogP contribution in [0.15, 0.2) is 21.6 Å². The van der Waals surface area contributed by atoms with Crippen LogP contribution in [-0.4, -0.2) is 30.1 Å². The quantitative estimate of drug-likeness (QED) is 0.391. The Kier molecular flexibility index (Phi) is 4.70. The second kappa shape index (κ2) is 6.93. The molecule has 0 aliphatic heterocycles. The topological polar surface area (TPSA) is 129 Å². The molecule has 0 fully saturated rings. The normalized spacial score (nSPS) is 11.3. The van der Waals surface area contributed by atoms with E-state index in [0.29, 0.717) is 33.1 Å². The number of rotatable bonds is 4. The Bertz CT molecular complexity index is 1040. The lowest BCUT2D eigenvalue weighted by Crippen LogP contribution is -2.02.